The van der Waals surface area contributed by atoms with Gasteiger partial charge in [0.05, 0.1) is 6.61 Å². The second kappa shape index (κ2) is 16.4. The molecule has 0 atom stereocenters. The Hall–Kier alpha value is -2.10. The number of carbonyl (C=O) groups is 2. The molecule has 9 nitrogen and oxygen atoms in total. The van der Waals surface area contributed by atoms with Crippen LogP contribution >= 0.6 is 0 Å². The lowest BCUT2D eigenvalue weighted by atomic mass is 9.96. The van der Waals surface area contributed by atoms with Crippen LogP contribution in [0.2, 0.25) is 0 Å². The zero-order valence-electron chi connectivity index (χ0n) is 15.5. The average Bonchev–Trinajstić information content (AvgIpc) is 2.63. The number of likely N-dealkylation sites (tertiary alicyclic amines) is 1. The number of ether oxygens (including phenoxy) is 1. The van der Waals surface area contributed by atoms with Crippen molar-refractivity contribution in [2.75, 3.05) is 46.9 Å². The van der Waals surface area contributed by atoms with Gasteiger partial charge in [0.15, 0.2) is 0 Å². The van der Waals surface area contributed by atoms with Gasteiger partial charge in [0.25, 0.3) is 12.9 Å². The fourth-order valence-electron chi connectivity index (χ4n) is 2.84. The second-order valence-corrected chi connectivity index (χ2v) is 5.93. The Morgan fingerprint density at radius 1 is 1.23 bits per heavy atom. The molecule has 148 valence electrons. The lowest BCUT2D eigenvalue weighted by Crippen LogP contribution is -2.39. The summed E-state index contributed by atoms with van der Waals surface area (Å²) in [6.45, 7) is 5.92. The molecule has 0 bridgehead atoms. The maximum Gasteiger partial charge on any atom is 0.290 e. The summed E-state index contributed by atoms with van der Waals surface area (Å²) in [4.78, 5) is 29.7. The highest BCUT2D eigenvalue weighted by molar-refractivity contribution is 5.33. The smallest absolute Gasteiger partial charge is 0.290 e. The first-order valence-electron chi connectivity index (χ1n) is 8.40. The topological polar surface area (TPSA) is 116 Å². The predicted molar refractivity (Wildman–Crippen MR) is 96.8 cm³/mol. The molecule has 0 aliphatic carbocycles. The molecular formula is C17H30N4O5. The number of rotatable bonds is 7. The zero-order valence-corrected chi connectivity index (χ0v) is 15.5. The fourth-order valence-corrected chi connectivity index (χ4v) is 2.84. The molecule has 0 aromatic carbocycles. The molecule has 26 heavy (non-hydrogen) atoms. The van der Waals surface area contributed by atoms with E-state index >= 15 is 0 Å². The van der Waals surface area contributed by atoms with Crippen LogP contribution in [-0.2, 0) is 20.9 Å². The number of methoxy groups -OCH3 is 1. The summed E-state index contributed by atoms with van der Waals surface area (Å²) < 4.78 is 5.14. The molecule has 1 aliphatic rings. The molecule has 0 radical (unpaired) electrons. The van der Waals surface area contributed by atoms with E-state index in [0.717, 1.165) is 32.2 Å². The van der Waals surface area contributed by atoms with Crippen molar-refractivity contribution in [1.29, 1.82) is 0 Å². The van der Waals surface area contributed by atoms with Crippen molar-refractivity contribution < 1.29 is 24.5 Å². The molecule has 1 aromatic rings. The molecule has 1 fully saturated rings. The summed E-state index contributed by atoms with van der Waals surface area (Å²) in [5.41, 5.74) is 1.19. The van der Waals surface area contributed by atoms with Crippen LogP contribution in [0.1, 0.15) is 18.4 Å². The van der Waals surface area contributed by atoms with Crippen LogP contribution in [0.15, 0.2) is 18.7 Å². The molecule has 0 saturated carbocycles. The van der Waals surface area contributed by atoms with E-state index in [1.807, 2.05) is 12.4 Å². The van der Waals surface area contributed by atoms with E-state index in [9.17, 15) is 0 Å². The molecule has 9 heteroatoms. The number of hydrogen-bond donors (Lipinski definition) is 2. The lowest BCUT2D eigenvalue weighted by Gasteiger charge is -2.33. The fraction of sp³-hybridized carbons (Fsp3) is 0.647. The van der Waals surface area contributed by atoms with E-state index in [4.69, 9.17) is 24.5 Å². The first-order valence-corrected chi connectivity index (χ1v) is 8.40. The van der Waals surface area contributed by atoms with Crippen molar-refractivity contribution >= 4 is 12.9 Å². The average molecular weight is 370 g/mol. The molecule has 1 saturated heterocycles. The van der Waals surface area contributed by atoms with Gasteiger partial charge in [-0.05, 0) is 38.9 Å². The van der Waals surface area contributed by atoms with Gasteiger partial charge in [0.1, 0.15) is 6.33 Å². The van der Waals surface area contributed by atoms with Crippen LogP contribution in [-0.4, -0.2) is 89.9 Å². The Bertz CT molecular complexity index is 450. The highest BCUT2D eigenvalue weighted by Gasteiger charge is 2.20. The molecule has 1 aliphatic heterocycles. The van der Waals surface area contributed by atoms with Gasteiger partial charge in [-0.3, -0.25) is 9.59 Å². The Balaban J connectivity index is 0.000000918. The highest BCUT2D eigenvalue weighted by atomic mass is 16.5. The van der Waals surface area contributed by atoms with Gasteiger partial charge in [0, 0.05) is 44.7 Å². The normalized spacial score (nSPS) is 14.6. The van der Waals surface area contributed by atoms with E-state index in [1.54, 1.807) is 13.4 Å². The summed E-state index contributed by atoms with van der Waals surface area (Å²) in [6.07, 6.45) is 7.96. The van der Waals surface area contributed by atoms with Gasteiger partial charge >= 0.3 is 0 Å². The molecule has 2 rings (SSSR count). The number of nitrogens with zero attached hydrogens (tertiary/aromatic N) is 4. The van der Waals surface area contributed by atoms with Crippen LogP contribution in [0.5, 0.6) is 0 Å². The van der Waals surface area contributed by atoms with Crippen LogP contribution in [0.4, 0.5) is 0 Å². The van der Waals surface area contributed by atoms with Gasteiger partial charge in [-0.2, -0.15) is 0 Å². The van der Waals surface area contributed by atoms with Crippen LogP contribution < -0.4 is 0 Å². The van der Waals surface area contributed by atoms with Gasteiger partial charge in [-0.15, -0.1) is 0 Å². The van der Waals surface area contributed by atoms with Crippen LogP contribution in [0.25, 0.3) is 0 Å². The summed E-state index contributed by atoms with van der Waals surface area (Å²) in [5, 5.41) is 13.8. The maximum absolute atomic E-state index is 8.36. The van der Waals surface area contributed by atoms with Crippen LogP contribution in [0.3, 0.4) is 0 Å². The van der Waals surface area contributed by atoms with Crippen molar-refractivity contribution in [3.8, 4) is 0 Å². The minimum absolute atomic E-state index is 0.250. The summed E-state index contributed by atoms with van der Waals surface area (Å²) in [6, 6.07) is 0. The Labute approximate surface area is 154 Å². The minimum atomic E-state index is -0.250. The molecule has 0 amide bonds. The van der Waals surface area contributed by atoms with E-state index < -0.39 is 0 Å². The third-order valence-electron chi connectivity index (χ3n) is 3.96. The Morgan fingerprint density at radius 3 is 2.27 bits per heavy atom. The molecule has 2 heterocycles. The molecule has 2 N–H and O–H groups in total. The largest absolute Gasteiger partial charge is 0.483 e. The van der Waals surface area contributed by atoms with Crippen LogP contribution in [0, 0.1) is 5.92 Å². The minimum Gasteiger partial charge on any atom is -0.483 e. The first-order chi connectivity index (χ1) is 12.6. The van der Waals surface area contributed by atoms with Crippen molar-refractivity contribution in [3.63, 3.8) is 0 Å². The highest BCUT2D eigenvalue weighted by Crippen LogP contribution is 2.18. The standard InChI is InChI=1S/C15H26N4O.2CH2O2/c1-18(12-15-9-16-13-17-10-15)11-14-3-5-19(6-4-14)7-8-20-2;2*2-1-3/h9-10,13-14H,3-8,11-12H2,1-2H3;2*1H,(H,2,3). The molecule has 1 aromatic heterocycles. The number of hydrogen-bond acceptors (Lipinski definition) is 7. The van der Waals surface area contributed by atoms with Gasteiger partial charge in [-0.25, -0.2) is 9.97 Å². The van der Waals surface area contributed by atoms with Crippen molar-refractivity contribution in [2.45, 2.75) is 19.4 Å². The van der Waals surface area contributed by atoms with Gasteiger partial charge in [0.2, 0.25) is 0 Å². The number of piperidine rings is 1. The third kappa shape index (κ3) is 12.3. The van der Waals surface area contributed by atoms with E-state index in [-0.39, 0.29) is 12.9 Å². The van der Waals surface area contributed by atoms with E-state index in [0.29, 0.717) is 0 Å². The second-order valence-electron chi connectivity index (χ2n) is 5.93. The third-order valence-corrected chi connectivity index (χ3v) is 3.96. The Kier molecular flexibility index (Phi) is 15.1. The van der Waals surface area contributed by atoms with Gasteiger partial charge in [-0.1, -0.05) is 0 Å². The maximum atomic E-state index is 8.36. The SMILES string of the molecule is COCCN1CCC(CN(C)Cc2cncnc2)CC1.O=CO.O=CO. The molecule has 0 unspecified atom stereocenters. The zero-order chi connectivity index (χ0) is 19.6. The van der Waals surface area contributed by atoms with Crippen molar-refractivity contribution in [3.05, 3.63) is 24.3 Å². The molecule has 0 spiro atoms. The predicted octanol–water partition coefficient (Wildman–Crippen LogP) is 0.668. The molecular weight excluding hydrogens is 340 g/mol. The number of carboxylic acid groups (broad SMARTS) is 2. The number of aromatic nitrogens is 2. The summed E-state index contributed by atoms with van der Waals surface area (Å²) in [5.74, 6) is 0.809. The summed E-state index contributed by atoms with van der Waals surface area (Å²) >= 11 is 0. The van der Waals surface area contributed by atoms with E-state index in [1.165, 1.54) is 31.5 Å². The summed E-state index contributed by atoms with van der Waals surface area (Å²) in [7, 11) is 3.96. The lowest BCUT2D eigenvalue weighted by molar-refractivity contribution is -0.123. The monoisotopic (exact) mass is 370 g/mol. The quantitative estimate of drug-likeness (QED) is 0.668. The van der Waals surface area contributed by atoms with E-state index in [2.05, 4.69) is 26.8 Å². The van der Waals surface area contributed by atoms with Crippen molar-refractivity contribution in [1.82, 2.24) is 19.8 Å². The Morgan fingerprint density at radius 2 is 1.77 bits per heavy atom. The first kappa shape index (κ1) is 23.9. The van der Waals surface area contributed by atoms with Crippen molar-refractivity contribution in [2.24, 2.45) is 5.92 Å². The van der Waals surface area contributed by atoms with Gasteiger partial charge < -0.3 is 24.7 Å².